The molecule has 1 aromatic rings. The number of halogens is 2. The Balaban J connectivity index is 2.37. The molecule has 1 nitrogen and oxygen atoms in total. The Morgan fingerprint density at radius 3 is 2.50 bits per heavy atom. The van der Waals surface area contributed by atoms with Gasteiger partial charge in [0.25, 0.3) is 0 Å². The molecule has 0 N–H and O–H groups in total. The van der Waals surface area contributed by atoms with Crippen molar-refractivity contribution in [2.24, 2.45) is 0 Å². The van der Waals surface area contributed by atoms with Crippen LogP contribution in [0.5, 0.6) is 5.75 Å². The summed E-state index contributed by atoms with van der Waals surface area (Å²) in [6.07, 6.45) is 0.804. The molecule has 66 valence electrons. The monoisotopic (exact) mass is 188 g/mol. The number of rotatable bonds is 4. The topological polar surface area (TPSA) is 9.23 Å². The van der Waals surface area contributed by atoms with Crippen LogP contribution >= 0.6 is 11.6 Å². The van der Waals surface area contributed by atoms with Crippen LogP contribution in [0.25, 0.3) is 0 Å². The third-order valence-electron chi connectivity index (χ3n) is 1.36. The summed E-state index contributed by atoms with van der Waals surface area (Å²) in [5.41, 5.74) is 0. The highest BCUT2D eigenvalue weighted by Crippen LogP contribution is 2.10. The van der Waals surface area contributed by atoms with E-state index < -0.39 is 0 Å². The molecule has 0 amide bonds. The fourth-order valence-electron chi connectivity index (χ4n) is 0.775. The van der Waals surface area contributed by atoms with Gasteiger partial charge in [-0.1, -0.05) is 0 Å². The first-order chi connectivity index (χ1) is 5.83. The molecule has 0 saturated heterocycles. The minimum atomic E-state index is -0.250. The summed E-state index contributed by atoms with van der Waals surface area (Å²) in [7, 11) is 0. The summed E-state index contributed by atoms with van der Waals surface area (Å²) in [5.74, 6) is 1.02. The minimum absolute atomic E-state index is 0.250. The van der Waals surface area contributed by atoms with E-state index in [1.165, 1.54) is 12.1 Å². The van der Waals surface area contributed by atoms with Gasteiger partial charge in [-0.3, -0.25) is 0 Å². The van der Waals surface area contributed by atoms with Crippen LogP contribution in [0.1, 0.15) is 6.42 Å². The van der Waals surface area contributed by atoms with Crippen LogP contribution in [-0.2, 0) is 0 Å². The largest absolute Gasteiger partial charge is 0.494 e. The number of hydrogen-bond acceptors (Lipinski definition) is 1. The van der Waals surface area contributed by atoms with Gasteiger partial charge in [0.1, 0.15) is 11.6 Å². The fourth-order valence-corrected chi connectivity index (χ4v) is 0.885. The van der Waals surface area contributed by atoms with Gasteiger partial charge in [0.15, 0.2) is 0 Å². The molecule has 0 unspecified atom stereocenters. The molecule has 0 aliphatic rings. The third-order valence-corrected chi connectivity index (χ3v) is 1.63. The maximum Gasteiger partial charge on any atom is 0.123 e. The van der Waals surface area contributed by atoms with E-state index in [-0.39, 0.29) is 5.82 Å². The van der Waals surface area contributed by atoms with Crippen LogP contribution < -0.4 is 4.74 Å². The van der Waals surface area contributed by atoms with Gasteiger partial charge in [0.2, 0.25) is 0 Å². The van der Waals surface area contributed by atoms with E-state index >= 15 is 0 Å². The lowest BCUT2D eigenvalue weighted by Crippen LogP contribution is -1.97. The second kappa shape index (κ2) is 4.99. The van der Waals surface area contributed by atoms with Crippen molar-refractivity contribution in [3.8, 4) is 5.75 Å². The van der Waals surface area contributed by atoms with Crippen LogP contribution in [-0.4, -0.2) is 12.5 Å². The highest BCUT2D eigenvalue weighted by atomic mass is 35.5. The first-order valence-corrected chi connectivity index (χ1v) is 4.30. The summed E-state index contributed by atoms with van der Waals surface area (Å²) >= 11 is 5.45. The molecule has 0 heterocycles. The normalized spacial score (nSPS) is 9.83. The highest BCUT2D eigenvalue weighted by molar-refractivity contribution is 6.17. The van der Waals surface area contributed by atoms with Crippen LogP contribution in [0.4, 0.5) is 4.39 Å². The zero-order valence-corrected chi connectivity index (χ0v) is 7.35. The molecule has 0 aliphatic carbocycles. The van der Waals surface area contributed by atoms with Gasteiger partial charge in [-0.15, -0.1) is 11.6 Å². The van der Waals surface area contributed by atoms with E-state index in [2.05, 4.69) is 0 Å². The molecule has 0 aliphatic heterocycles. The number of alkyl halides is 1. The van der Waals surface area contributed by atoms with E-state index in [0.717, 1.165) is 6.42 Å². The van der Waals surface area contributed by atoms with Crippen LogP contribution in [0.15, 0.2) is 24.3 Å². The van der Waals surface area contributed by atoms with E-state index in [1.807, 2.05) is 0 Å². The van der Waals surface area contributed by atoms with Crippen molar-refractivity contribution in [1.29, 1.82) is 0 Å². The molecule has 1 rings (SSSR count). The van der Waals surface area contributed by atoms with E-state index in [4.69, 9.17) is 16.3 Å². The zero-order valence-electron chi connectivity index (χ0n) is 6.59. The van der Waals surface area contributed by atoms with Crippen molar-refractivity contribution >= 4 is 11.6 Å². The molecule has 0 fully saturated rings. The van der Waals surface area contributed by atoms with Gasteiger partial charge in [0.05, 0.1) is 6.61 Å². The summed E-state index contributed by atoms with van der Waals surface area (Å²) in [4.78, 5) is 0. The van der Waals surface area contributed by atoms with E-state index in [1.54, 1.807) is 12.1 Å². The lowest BCUT2D eigenvalue weighted by atomic mass is 10.3. The van der Waals surface area contributed by atoms with Gasteiger partial charge >= 0.3 is 0 Å². The molecule has 3 heteroatoms. The van der Waals surface area contributed by atoms with Crippen LogP contribution in [0.2, 0.25) is 0 Å². The summed E-state index contributed by atoms with van der Waals surface area (Å²) in [6, 6.07) is 5.94. The van der Waals surface area contributed by atoms with Crippen molar-refractivity contribution in [3.63, 3.8) is 0 Å². The van der Waals surface area contributed by atoms with E-state index in [9.17, 15) is 4.39 Å². The Kier molecular flexibility index (Phi) is 3.88. The molecule has 0 radical (unpaired) electrons. The zero-order chi connectivity index (χ0) is 8.81. The lowest BCUT2D eigenvalue weighted by molar-refractivity contribution is 0.318. The van der Waals surface area contributed by atoms with Gasteiger partial charge in [-0.25, -0.2) is 4.39 Å². The molecule has 0 aromatic heterocycles. The molecular formula is C9H10ClFO. The number of benzene rings is 1. The Morgan fingerprint density at radius 1 is 1.25 bits per heavy atom. The number of hydrogen-bond donors (Lipinski definition) is 0. The molecule has 0 saturated carbocycles. The lowest BCUT2D eigenvalue weighted by Gasteiger charge is -2.03. The molecule has 1 aromatic carbocycles. The smallest absolute Gasteiger partial charge is 0.123 e. The third kappa shape index (κ3) is 3.09. The van der Waals surface area contributed by atoms with Crippen LogP contribution in [0, 0.1) is 5.82 Å². The second-order valence-electron chi connectivity index (χ2n) is 2.34. The van der Waals surface area contributed by atoms with Gasteiger partial charge in [0, 0.05) is 5.88 Å². The van der Waals surface area contributed by atoms with Crippen molar-refractivity contribution in [1.82, 2.24) is 0 Å². The SMILES string of the molecule is Fc1ccc(OCCCCl)cc1. The van der Waals surface area contributed by atoms with Crippen molar-refractivity contribution < 1.29 is 9.13 Å². The Labute approximate surface area is 76.1 Å². The molecule has 12 heavy (non-hydrogen) atoms. The molecule has 0 spiro atoms. The predicted octanol–water partition coefficient (Wildman–Crippen LogP) is 2.83. The van der Waals surface area contributed by atoms with Crippen molar-refractivity contribution in [2.45, 2.75) is 6.42 Å². The quantitative estimate of drug-likeness (QED) is 0.522. The highest BCUT2D eigenvalue weighted by Gasteiger charge is 1.93. The first kappa shape index (κ1) is 9.33. The Bertz CT molecular complexity index is 222. The maximum absolute atomic E-state index is 12.4. The second-order valence-corrected chi connectivity index (χ2v) is 2.72. The molecular weight excluding hydrogens is 179 g/mol. The average Bonchev–Trinajstić information content (AvgIpc) is 2.09. The molecule has 0 atom stereocenters. The maximum atomic E-state index is 12.4. The Morgan fingerprint density at radius 2 is 1.92 bits per heavy atom. The summed E-state index contributed by atoms with van der Waals surface area (Å²) < 4.78 is 17.6. The first-order valence-electron chi connectivity index (χ1n) is 3.77. The van der Waals surface area contributed by atoms with Gasteiger partial charge in [-0.05, 0) is 30.7 Å². The van der Waals surface area contributed by atoms with Crippen molar-refractivity contribution in [2.75, 3.05) is 12.5 Å². The van der Waals surface area contributed by atoms with Gasteiger partial charge < -0.3 is 4.74 Å². The Hall–Kier alpha value is -0.760. The van der Waals surface area contributed by atoms with Crippen LogP contribution in [0.3, 0.4) is 0 Å². The van der Waals surface area contributed by atoms with Crippen molar-refractivity contribution in [3.05, 3.63) is 30.1 Å². The number of ether oxygens (including phenoxy) is 1. The van der Waals surface area contributed by atoms with Gasteiger partial charge in [-0.2, -0.15) is 0 Å². The fraction of sp³-hybridized carbons (Fsp3) is 0.333. The summed E-state index contributed by atoms with van der Waals surface area (Å²) in [6.45, 7) is 0.579. The minimum Gasteiger partial charge on any atom is -0.494 e. The molecule has 0 bridgehead atoms. The predicted molar refractivity (Wildman–Crippen MR) is 47.2 cm³/mol. The van der Waals surface area contributed by atoms with E-state index in [0.29, 0.717) is 18.2 Å². The standard InChI is InChI=1S/C9H10ClFO/c10-6-1-7-12-9-4-2-8(11)3-5-9/h2-5H,1,6-7H2. The summed E-state index contributed by atoms with van der Waals surface area (Å²) in [5, 5.41) is 0. The average molecular weight is 189 g/mol.